The summed E-state index contributed by atoms with van der Waals surface area (Å²) >= 11 is 0. The summed E-state index contributed by atoms with van der Waals surface area (Å²) in [6, 6.07) is 15.3. The molecule has 4 aromatic rings. The van der Waals surface area contributed by atoms with Crippen LogP contribution in [0.4, 0.5) is 17.3 Å². The fourth-order valence-electron chi connectivity index (χ4n) is 3.79. The monoisotopic (exact) mass is 411 g/mol. The number of amides is 1. The van der Waals surface area contributed by atoms with Crippen LogP contribution < -0.4 is 15.0 Å². The molecule has 1 aromatic carbocycles. The number of carbonyl (C=O) groups is 1. The molecule has 0 atom stereocenters. The van der Waals surface area contributed by atoms with E-state index in [1.807, 2.05) is 60.4 Å². The lowest BCUT2D eigenvalue weighted by atomic mass is 10.1. The molecule has 7 nitrogen and oxygen atoms in total. The first-order chi connectivity index (χ1) is 15.2. The maximum atomic E-state index is 12.9. The van der Waals surface area contributed by atoms with Crippen LogP contribution in [0.2, 0.25) is 0 Å². The molecule has 1 aliphatic rings. The van der Waals surface area contributed by atoms with Crippen LogP contribution in [0.3, 0.4) is 0 Å². The van der Waals surface area contributed by atoms with Crippen molar-refractivity contribution < 1.29 is 9.53 Å². The van der Waals surface area contributed by atoms with Crippen molar-refractivity contribution in [3.8, 4) is 5.75 Å². The van der Waals surface area contributed by atoms with Crippen LogP contribution in [-0.4, -0.2) is 34.0 Å². The molecule has 154 valence electrons. The van der Waals surface area contributed by atoms with Crippen molar-refractivity contribution in [2.24, 2.45) is 0 Å². The maximum absolute atomic E-state index is 12.9. The van der Waals surface area contributed by atoms with E-state index in [2.05, 4.69) is 20.3 Å². The second-order valence-corrected chi connectivity index (χ2v) is 7.21. The third kappa shape index (κ3) is 3.54. The van der Waals surface area contributed by atoms with E-state index in [0.717, 1.165) is 22.2 Å². The van der Waals surface area contributed by atoms with Crippen molar-refractivity contribution in [3.05, 3.63) is 78.2 Å². The third-order valence-corrected chi connectivity index (χ3v) is 5.29. The summed E-state index contributed by atoms with van der Waals surface area (Å²) in [7, 11) is 0. The molecule has 0 radical (unpaired) electrons. The second kappa shape index (κ2) is 8.02. The van der Waals surface area contributed by atoms with E-state index in [0.29, 0.717) is 42.5 Å². The highest BCUT2D eigenvalue weighted by Gasteiger charge is 2.26. The van der Waals surface area contributed by atoms with Gasteiger partial charge in [0.1, 0.15) is 11.6 Å². The Morgan fingerprint density at radius 1 is 1.00 bits per heavy atom. The Labute approximate surface area is 179 Å². The molecule has 0 aliphatic carbocycles. The number of carbonyl (C=O) groups excluding carboxylic acids is 1. The molecule has 0 unspecified atom stereocenters. The number of aromatic nitrogens is 3. The van der Waals surface area contributed by atoms with Gasteiger partial charge in [-0.2, -0.15) is 0 Å². The van der Waals surface area contributed by atoms with E-state index in [4.69, 9.17) is 4.74 Å². The predicted octanol–water partition coefficient (Wildman–Crippen LogP) is 4.37. The van der Waals surface area contributed by atoms with Crippen molar-refractivity contribution in [2.75, 3.05) is 23.4 Å². The standard InChI is InChI=1S/C24H21N5O2/c1-2-29-22-18(24(30)28-20-8-5-11-26-23(20)29)14-16(15-27-22)10-13-31-21-9-12-25-19-7-4-3-6-17(19)21/h3-9,11-12,14-15H,2,10,13H2,1H3,(H,28,30). The van der Waals surface area contributed by atoms with Gasteiger partial charge in [0, 0.05) is 36.9 Å². The van der Waals surface area contributed by atoms with Gasteiger partial charge in [0.2, 0.25) is 0 Å². The van der Waals surface area contributed by atoms with E-state index in [1.165, 1.54) is 0 Å². The molecule has 0 saturated carbocycles. The number of fused-ring (bicyclic) bond motifs is 3. The summed E-state index contributed by atoms with van der Waals surface area (Å²) in [5.74, 6) is 1.92. The zero-order valence-electron chi connectivity index (χ0n) is 17.1. The zero-order chi connectivity index (χ0) is 21.2. The maximum Gasteiger partial charge on any atom is 0.259 e. The number of rotatable bonds is 5. The van der Waals surface area contributed by atoms with Crippen molar-refractivity contribution in [1.82, 2.24) is 15.0 Å². The highest BCUT2D eigenvalue weighted by atomic mass is 16.5. The van der Waals surface area contributed by atoms with Crippen LogP contribution in [0.15, 0.2) is 67.1 Å². The van der Waals surface area contributed by atoms with Gasteiger partial charge in [0.25, 0.3) is 5.91 Å². The summed E-state index contributed by atoms with van der Waals surface area (Å²) in [5.41, 5.74) is 3.05. The molecular weight excluding hydrogens is 390 g/mol. The van der Waals surface area contributed by atoms with Gasteiger partial charge in [-0.25, -0.2) is 9.97 Å². The minimum absolute atomic E-state index is 0.185. The molecule has 3 aromatic heterocycles. The summed E-state index contributed by atoms with van der Waals surface area (Å²) < 4.78 is 6.02. The number of anilines is 3. The average Bonchev–Trinajstić information content (AvgIpc) is 2.92. The van der Waals surface area contributed by atoms with Crippen molar-refractivity contribution >= 4 is 34.1 Å². The molecule has 0 saturated heterocycles. The van der Waals surface area contributed by atoms with E-state index in [1.54, 1.807) is 18.6 Å². The number of nitrogens with one attached hydrogen (secondary N) is 1. The molecule has 0 spiro atoms. The van der Waals surface area contributed by atoms with Gasteiger partial charge in [0.15, 0.2) is 5.82 Å². The summed E-state index contributed by atoms with van der Waals surface area (Å²) in [6.07, 6.45) is 5.89. The molecule has 1 N–H and O–H groups in total. The zero-order valence-corrected chi connectivity index (χ0v) is 17.1. The number of hydrogen-bond acceptors (Lipinski definition) is 6. The molecule has 7 heteroatoms. The minimum atomic E-state index is -0.185. The lowest BCUT2D eigenvalue weighted by Gasteiger charge is -2.21. The largest absolute Gasteiger partial charge is 0.492 e. The first kappa shape index (κ1) is 19.0. The highest BCUT2D eigenvalue weighted by Crippen LogP contribution is 2.34. The number of hydrogen-bond donors (Lipinski definition) is 1. The molecular formula is C24H21N5O2. The van der Waals surface area contributed by atoms with E-state index in [9.17, 15) is 4.79 Å². The van der Waals surface area contributed by atoms with Crippen LogP contribution in [-0.2, 0) is 6.42 Å². The Hall–Kier alpha value is -4.00. The first-order valence-corrected chi connectivity index (χ1v) is 10.2. The molecule has 4 heterocycles. The molecule has 0 bridgehead atoms. The summed E-state index contributed by atoms with van der Waals surface area (Å²) in [5, 5.41) is 3.93. The summed E-state index contributed by atoms with van der Waals surface area (Å²) in [4.78, 5) is 28.2. The lowest BCUT2D eigenvalue weighted by Crippen LogP contribution is -2.20. The number of nitrogens with zero attached hydrogens (tertiary/aromatic N) is 4. The van der Waals surface area contributed by atoms with Crippen LogP contribution >= 0.6 is 0 Å². The van der Waals surface area contributed by atoms with Crippen molar-refractivity contribution in [3.63, 3.8) is 0 Å². The molecule has 1 amide bonds. The quantitative estimate of drug-likeness (QED) is 0.525. The van der Waals surface area contributed by atoms with Gasteiger partial charge < -0.3 is 15.0 Å². The topological polar surface area (TPSA) is 80.2 Å². The Balaban J connectivity index is 1.38. The molecule has 1 aliphatic heterocycles. The van der Waals surface area contributed by atoms with E-state index < -0.39 is 0 Å². The SMILES string of the molecule is CCN1c2ncccc2NC(=O)c2cc(CCOc3ccnc4ccccc34)cnc21. The van der Waals surface area contributed by atoms with Crippen LogP contribution in [0, 0.1) is 0 Å². The van der Waals surface area contributed by atoms with Gasteiger partial charge in [-0.05, 0) is 48.9 Å². The lowest BCUT2D eigenvalue weighted by molar-refractivity contribution is 0.102. The first-order valence-electron chi connectivity index (χ1n) is 10.2. The Kier molecular flexibility index (Phi) is 4.92. The number of para-hydroxylation sites is 1. The highest BCUT2D eigenvalue weighted by molar-refractivity contribution is 6.11. The van der Waals surface area contributed by atoms with Crippen LogP contribution in [0.25, 0.3) is 10.9 Å². The second-order valence-electron chi connectivity index (χ2n) is 7.21. The fraction of sp³-hybridized carbons (Fsp3) is 0.167. The van der Waals surface area contributed by atoms with Gasteiger partial charge >= 0.3 is 0 Å². The number of ether oxygens (including phenoxy) is 1. The minimum Gasteiger partial charge on any atom is -0.492 e. The third-order valence-electron chi connectivity index (χ3n) is 5.29. The van der Waals surface area contributed by atoms with Crippen LogP contribution in [0.5, 0.6) is 5.75 Å². The van der Waals surface area contributed by atoms with E-state index in [-0.39, 0.29) is 5.91 Å². The Morgan fingerprint density at radius 2 is 1.90 bits per heavy atom. The average molecular weight is 411 g/mol. The molecule has 5 rings (SSSR count). The molecule has 31 heavy (non-hydrogen) atoms. The van der Waals surface area contributed by atoms with Gasteiger partial charge in [-0.15, -0.1) is 0 Å². The van der Waals surface area contributed by atoms with Gasteiger partial charge in [-0.1, -0.05) is 12.1 Å². The van der Waals surface area contributed by atoms with Crippen molar-refractivity contribution in [2.45, 2.75) is 13.3 Å². The van der Waals surface area contributed by atoms with Gasteiger partial charge in [0.05, 0.1) is 23.4 Å². The predicted molar refractivity (Wildman–Crippen MR) is 120 cm³/mol. The van der Waals surface area contributed by atoms with Gasteiger partial charge in [-0.3, -0.25) is 9.78 Å². The van der Waals surface area contributed by atoms with E-state index >= 15 is 0 Å². The number of benzene rings is 1. The Bertz CT molecular complexity index is 1270. The summed E-state index contributed by atoms with van der Waals surface area (Å²) in [6.45, 7) is 3.13. The Morgan fingerprint density at radius 3 is 2.81 bits per heavy atom. The normalized spacial score (nSPS) is 12.7. The van der Waals surface area contributed by atoms with Crippen molar-refractivity contribution in [1.29, 1.82) is 0 Å². The smallest absolute Gasteiger partial charge is 0.259 e. The number of pyridine rings is 3. The fourth-order valence-corrected chi connectivity index (χ4v) is 3.79. The van der Waals surface area contributed by atoms with Crippen LogP contribution in [0.1, 0.15) is 22.8 Å². The molecule has 0 fully saturated rings.